The fourth-order valence-corrected chi connectivity index (χ4v) is 2.49. The third kappa shape index (κ3) is 1.69. The van der Waals surface area contributed by atoms with Crippen molar-refractivity contribution in [2.45, 2.75) is 45.3 Å². The first-order valence-electron chi connectivity index (χ1n) is 5.44. The third-order valence-corrected chi connectivity index (χ3v) is 3.43. The molecule has 78 valence electrons. The Hall–Kier alpha value is -0.830. The van der Waals surface area contributed by atoms with Crippen molar-refractivity contribution in [3.8, 4) is 0 Å². The van der Waals surface area contributed by atoms with Crippen LogP contribution in [0.5, 0.6) is 0 Å². The molecule has 1 N–H and O–H groups in total. The van der Waals surface area contributed by atoms with Crippen LogP contribution in [0.1, 0.15) is 44.3 Å². The molecule has 1 atom stereocenters. The van der Waals surface area contributed by atoms with E-state index < -0.39 is 0 Å². The number of rotatable bonds is 3. The Kier molecular flexibility index (Phi) is 2.87. The highest BCUT2D eigenvalue weighted by molar-refractivity contribution is 4.99. The first-order chi connectivity index (χ1) is 6.83. The molecule has 1 saturated carbocycles. The van der Waals surface area contributed by atoms with Crippen LogP contribution in [0.15, 0.2) is 12.5 Å². The van der Waals surface area contributed by atoms with Crippen molar-refractivity contribution < 1.29 is 5.11 Å². The summed E-state index contributed by atoms with van der Waals surface area (Å²) >= 11 is 0. The van der Waals surface area contributed by atoms with Crippen LogP contribution in [0, 0.1) is 5.92 Å². The van der Waals surface area contributed by atoms with Gasteiger partial charge in [0.1, 0.15) is 0 Å². The Balaban J connectivity index is 2.12. The van der Waals surface area contributed by atoms with Crippen molar-refractivity contribution in [3.63, 3.8) is 0 Å². The predicted octanol–water partition coefficient (Wildman–Crippen LogP) is 2.13. The van der Waals surface area contributed by atoms with E-state index >= 15 is 0 Å². The van der Waals surface area contributed by atoms with Crippen LogP contribution in [0.2, 0.25) is 0 Å². The molecule has 0 saturated heterocycles. The van der Waals surface area contributed by atoms with E-state index in [4.69, 9.17) is 5.11 Å². The molecule has 1 unspecified atom stereocenters. The summed E-state index contributed by atoms with van der Waals surface area (Å²) in [6, 6.07) is 0.488. The second-order valence-electron chi connectivity index (χ2n) is 4.24. The molecule has 1 aromatic rings. The monoisotopic (exact) mass is 194 g/mol. The molecule has 2 rings (SSSR count). The van der Waals surface area contributed by atoms with Crippen LogP contribution in [-0.4, -0.2) is 14.7 Å². The number of aliphatic hydroxyl groups excluding tert-OH is 1. The SMILES string of the molecule is CC(C1CCCC1)n1cncc1CO. The Labute approximate surface area is 84.8 Å². The summed E-state index contributed by atoms with van der Waals surface area (Å²) in [7, 11) is 0. The van der Waals surface area contributed by atoms with Crippen molar-refractivity contribution in [2.75, 3.05) is 0 Å². The normalized spacial score (nSPS) is 20.1. The van der Waals surface area contributed by atoms with Crippen LogP contribution in [-0.2, 0) is 6.61 Å². The number of aliphatic hydroxyl groups is 1. The van der Waals surface area contributed by atoms with Gasteiger partial charge in [-0.05, 0) is 25.7 Å². The molecule has 3 nitrogen and oxygen atoms in total. The van der Waals surface area contributed by atoms with Crippen molar-refractivity contribution in [1.82, 2.24) is 9.55 Å². The van der Waals surface area contributed by atoms with Gasteiger partial charge in [0.25, 0.3) is 0 Å². The van der Waals surface area contributed by atoms with E-state index in [0.717, 1.165) is 11.6 Å². The van der Waals surface area contributed by atoms with Crippen molar-refractivity contribution in [1.29, 1.82) is 0 Å². The fourth-order valence-electron chi connectivity index (χ4n) is 2.49. The lowest BCUT2D eigenvalue weighted by atomic mass is 9.99. The second-order valence-corrected chi connectivity index (χ2v) is 4.24. The van der Waals surface area contributed by atoms with E-state index in [1.54, 1.807) is 6.20 Å². The molecular formula is C11H18N2O. The minimum absolute atomic E-state index is 0.0943. The summed E-state index contributed by atoms with van der Waals surface area (Å²) in [5.74, 6) is 0.773. The van der Waals surface area contributed by atoms with Gasteiger partial charge in [-0.25, -0.2) is 4.98 Å². The molecule has 14 heavy (non-hydrogen) atoms. The summed E-state index contributed by atoms with van der Waals surface area (Å²) in [5.41, 5.74) is 0.935. The Morgan fingerprint density at radius 1 is 1.57 bits per heavy atom. The maximum atomic E-state index is 9.14. The van der Waals surface area contributed by atoms with Gasteiger partial charge in [0.05, 0.1) is 24.8 Å². The average Bonchev–Trinajstić information content (AvgIpc) is 2.87. The maximum Gasteiger partial charge on any atom is 0.0951 e. The first kappa shape index (κ1) is 9.71. The van der Waals surface area contributed by atoms with Gasteiger partial charge in [0, 0.05) is 6.04 Å². The van der Waals surface area contributed by atoms with Gasteiger partial charge in [0.15, 0.2) is 0 Å². The first-order valence-corrected chi connectivity index (χ1v) is 5.44. The molecule has 0 spiro atoms. The van der Waals surface area contributed by atoms with Gasteiger partial charge in [-0.15, -0.1) is 0 Å². The van der Waals surface area contributed by atoms with Crippen LogP contribution >= 0.6 is 0 Å². The average molecular weight is 194 g/mol. The van der Waals surface area contributed by atoms with E-state index in [2.05, 4.69) is 16.5 Å². The highest BCUT2D eigenvalue weighted by atomic mass is 16.3. The summed E-state index contributed by atoms with van der Waals surface area (Å²) in [4.78, 5) is 4.09. The zero-order valence-electron chi connectivity index (χ0n) is 8.69. The molecule has 1 aliphatic carbocycles. The number of hydrogen-bond acceptors (Lipinski definition) is 2. The van der Waals surface area contributed by atoms with Crippen molar-refractivity contribution in [2.24, 2.45) is 5.92 Å². The lowest BCUT2D eigenvalue weighted by Gasteiger charge is -2.22. The highest BCUT2D eigenvalue weighted by Gasteiger charge is 2.23. The third-order valence-electron chi connectivity index (χ3n) is 3.43. The quantitative estimate of drug-likeness (QED) is 0.800. The lowest BCUT2D eigenvalue weighted by molar-refractivity contribution is 0.257. The molecule has 0 aromatic carbocycles. The van der Waals surface area contributed by atoms with E-state index in [-0.39, 0.29) is 6.61 Å². The van der Waals surface area contributed by atoms with Gasteiger partial charge in [-0.3, -0.25) is 0 Å². The van der Waals surface area contributed by atoms with Gasteiger partial charge >= 0.3 is 0 Å². The zero-order valence-corrected chi connectivity index (χ0v) is 8.69. The fraction of sp³-hybridized carbons (Fsp3) is 0.727. The molecule has 0 bridgehead atoms. The zero-order chi connectivity index (χ0) is 9.97. The van der Waals surface area contributed by atoms with Crippen LogP contribution in [0.4, 0.5) is 0 Å². The van der Waals surface area contributed by atoms with E-state index in [1.807, 2.05) is 6.33 Å². The summed E-state index contributed by atoms with van der Waals surface area (Å²) < 4.78 is 2.12. The molecule has 0 aliphatic heterocycles. The van der Waals surface area contributed by atoms with E-state index in [0.29, 0.717) is 6.04 Å². The molecule has 1 fully saturated rings. The topological polar surface area (TPSA) is 38.0 Å². The summed E-state index contributed by atoms with van der Waals surface area (Å²) in [5, 5.41) is 9.14. The number of aromatic nitrogens is 2. The predicted molar refractivity (Wildman–Crippen MR) is 54.8 cm³/mol. The van der Waals surface area contributed by atoms with Crippen molar-refractivity contribution >= 4 is 0 Å². The standard InChI is InChI=1S/C11H18N2O/c1-9(10-4-2-3-5-10)13-8-12-6-11(13)7-14/h6,8-10,14H,2-5,7H2,1H3. The molecule has 1 aliphatic rings. The summed E-state index contributed by atoms with van der Waals surface area (Å²) in [6.07, 6.45) is 8.96. The summed E-state index contributed by atoms with van der Waals surface area (Å²) in [6.45, 7) is 2.33. The minimum Gasteiger partial charge on any atom is -0.390 e. The van der Waals surface area contributed by atoms with Crippen molar-refractivity contribution in [3.05, 3.63) is 18.2 Å². The Morgan fingerprint density at radius 3 is 2.93 bits per heavy atom. The van der Waals surface area contributed by atoms with Gasteiger partial charge in [-0.2, -0.15) is 0 Å². The lowest BCUT2D eigenvalue weighted by Crippen LogP contribution is -2.15. The molecule has 0 amide bonds. The second kappa shape index (κ2) is 4.13. The minimum atomic E-state index is 0.0943. The van der Waals surface area contributed by atoms with Gasteiger partial charge < -0.3 is 9.67 Å². The Bertz CT molecular complexity index is 289. The van der Waals surface area contributed by atoms with Gasteiger partial charge in [0.2, 0.25) is 0 Å². The van der Waals surface area contributed by atoms with E-state index in [1.165, 1.54) is 25.7 Å². The van der Waals surface area contributed by atoms with Crippen LogP contribution < -0.4 is 0 Å². The molecule has 0 radical (unpaired) electrons. The van der Waals surface area contributed by atoms with Crippen LogP contribution in [0.25, 0.3) is 0 Å². The molecule has 3 heteroatoms. The Morgan fingerprint density at radius 2 is 2.29 bits per heavy atom. The maximum absolute atomic E-state index is 9.14. The van der Waals surface area contributed by atoms with E-state index in [9.17, 15) is 0 Å². The molecular weight excluding hydrogens is 176 g/mol. The number of imidazole rings is 1. The number of nitrogens with zero attached hydrogens (tertiary/aromatic N) is 2. The van der Waals surface area contributed by atoms with Gasteiger partial charge in [-0.1, -0.05) is 12.8 Å². The molecule has 1 aromatic heterocycles. The number of hydrogen-bond donors (Lipinski definition) is 1. The largest absolute Gasteiger partial charge is 0.390 e. The molecule has 1 heterocycles. The van der Waals surface area contributed by atoms with Crippen LogP contribution in [0.3, 0.4) is 0 Å². The smallest absolute Gasteiger partial charge is 0.0951 e. The highest BCUT2D eigenvalue weighted by Crippen LogP contribution is 2.34.